The fourth-order valence-corrected chi connectivity index (χ4v) is 4.34. The number of likely N-dealkylation sites (tertiary alicyclic amines) is 1. The summed E-state index contributed by atoms with van der Waals surface area (Å²) in [5, 5.41) is 3.63. The van der Waals surface area contributed by atoms with Gasteiger partial charge in [0.2, 0.25) is 0 Å². The molecular formula is C19H27N3. The molecular weight excluding hydrogens is 270 g/mol. The Labute approximate surface area is 133 Å². The first kappa shape index (κ1) is 14.1. The number of aliphatic imine (C=N–C) groups is 1. The lowest BCUT2D eigenvalue weighted by Gasteiger charge is -2.38. The maximum absolute atomic E-state index is 4.52. The van der Waals surface area contributed by atoms with Gasteiger partial charge in [-0.3, -0.25) is 4.99 Å². The van der Waals surface area contributed by atoms with Gasteiger partial charge in [0.15, 0.2) is 5.96 Å². The third kappa shape index (κ3) is 2.62. The summed E-state index contributed by atoms with van der Waals surface area (Å²) in [6, 6.07) is 10.9. The Bertz CT molecular complexity index is 547. The number of guanidine groups is 1. The Morgan fingerprint density at radius 3 is 2.73 bits per heavy atom. The third-order valence-electron chi connectivity index (χ3n) is 6.04. The van der Waals surface area contributed by atoms with Crippen molar-refractivity contribution in [1.29, 1.82) is 0 Å². The first-order valence-corrected chi connectivity index (χ1v) is 8.80. The zero-order valence-corrected chi connectivity index (χ0v) is 13.6. The number of nitrogens with zero attached hydrogens (tertiary/aromatic N) is 2. The highest BCUT2D eigenvalue weighted by molar-refractivity contribution is 5.80. The lowest BCUT2D eigenvalue weighted by atomic mass is 9.68. The second-order valence-corrected chi connectivity index (χ2v) is 7.47. The topological polar surface area (TPSA) is 27.6 Å². The van der Waals surface area contributed by atoms with E-state index in [9.17, 15) is 0 Å². The van der Waals surface area contributed by atoms with Gasteiger partial charge in [-0.2, -0.15) is 0 Å². The largest absolute Gasteiger partial charge is 0.356 e. The van der Waals surface area contributed by atoms with Gasteiger partial charge < -0.3 is 10.2 Å². The zero-order chi connectivity index (χ0) is 15.0. The molecule has 1 aliphatic heterocycles. The van der Waals surface area contributed by atoms with Crippen LogP contribution in [0.1, 0.15) is 43.6 Å². The molecule has 1 aromatic rings. The van der Waals surface area contributed by atoms with Crippen LogP contribution >= 0.6 is 0 Å². The second kappa shape index (κ2) is 5.60. The minimum atomic E-state index is 0.643. The van der Waals surface area contributed by atoms with Crippen molar-refractivity contribution in [3.05, 3.63) is 35.9 Å². The van der Waals surface area contributed by atoms with E-state index in [1.807, 2.05) is 7.05 Å². The molecule has 1 saturated heterocycles. The van der Waals surface area contributed by atoms with Crippen molar-refractivity contribution in [2.24, 2.45) is 16.3 Å². The van der Waals surface area contributed by atoms with Gasteiger partial charge in [0.25, 0.3) is 0 Å². The molecule has 22 heavy (non-hydrogen) atoms. The van der Waals surface area contributed by atoms with E-state index < -0.39 is 0 Å². The Kier molecular flexibility index (Phi) is 3.59. The monoisotopic (exact) mass is 297 g/mol. The molecule has 4 rings (SSSR count). The summed E-state index contributed by atoms with van der Waals surface area (Å²) in [5.74, 6) is 2.66. The molecule has 1 aromatic carbocycles. The molecule has 1 heterocycles. The first-order valence-electron chi connectivity index (χ1n) is 8.80. The summed E-state index contributed by atoms with van der Waals surface area (Å²) in [4.78, 5) is 7.01. The minimum absolute atomic E-state index is 0.643. The van der Waals surface area contributed by atoms with Gasteiger partial charge in [-0.15, -0.1) is 0 Å². The van der Waals surface area contributed by atoms with Gasteiger partial charge in [-0.1, -0.05) is 36.8 Å². The molecule has 1 spiro atoms. The average molecular weight is 297 g/mol. The zero-order valence-electron chi connectivity index (χ0n) is 13.6. The van der Waals surface area contributed by atoms with E-state index in [0.29, 0.717) is 5.41 Å². The highest BCUT2D eigenvalue weighted by Gasteiger charge is 2.44. The Balaban J connectivity index is 1.28. The van der Waals surface area contributed by atoms with Crippen molar-refractivity contribution in [3.8, 4) is 0 Å². The highest BCUT2D eigenvalue weighted by Crippen LogP contribution is 2.48. The van der Waals surface area contributed by atoms with Crippen LogP contribution in [0.5, 0.6) is 0 Å². The molecule has 3 aliphatic rings. The molecule has 118 valence electrons. The molecule has 0 aromatic heterocycles. The molecule has 3 fully saturated rings. The summed E-state index contributed by atoms with van der Waals surface area (Å²) >= 11 is 0. The van der Waals surface area contributed by atoms with Crippen LogP contribution in [0, 0.1) is 11.3 Å². The lowest BCUT2D eigenvalue weighted by molar-refractivity contribution is 0.151. The molecule has 2 unspecified atom stereocenters. The summed E-state index contributed by atoms with van der Waals surface area (Å²) < 4.78 is 0. The maximum Gasteiger partial charge on any atom is 0.193 e. The SMILES string of the molecule is CN=C(NCC1CC1c1ccccc1)N1CCC2(CCC2)C1. The van der Waals surface area contributed by atoms with Gasteiger partial charge >= 0.3 is 0 Å². The maximum atomic E-state index is 4.52. The normalized spacial score (nSPS) is 29.5. The van der Waals surface area contributed by atoms with Crippen LogP contribution in [0.4, 0.5) is 0 Å². The number of nitrogens with one attached hydrogen (secondary N) is 1. The summed E-state index contributed by atoms with van der Waals surface area (Å²) in [6.07, 6.45) is 6.97. The second-order valence-electron chi connectivity index (χ2n) is 7.47. The molecule has 0 bridgehead atoms. The molecule has 2 atom stereocenters. The average Bonchev–Trinajstić information content (AvgIpc) is 3.15. The molecule has 2 aliphatic carbocycles. The van der Waals surface area contributed by atoms with E-state index >= 15 is 0 Å². The fourth-order valence-electron chi connectivity index (χ4n) is 4.34. The Morgan fingerprint density at radius 2 is 2.09 bits per heavy atom. The number of hydrogen-bond donors (Lipinski definition) is 1. The van der Waals surface area contributed by atoms with Crippen molar-refractivity contribution >= 4 is 5.96 Å². The van der Waals surface area contributed by atoms with E-state index in [1.54, 1.807) is 0 Å². The summed E-state index contributed by atoms with van der Waals surface area (Å²) in [6.45, 7) is 3.47. The molecule has 3 heteroatoms. The molecule has 3 nitrogen and oxygen atoms in total. The first-order chi connectivity index (χ1) is 10.8. The fraction of sp³-hybridized carbons (Fsp3) is 0.632. The predicted octanol–water partition coefficient (Wildman–Crippen LogP) is 3.24. The lowest BCUT2D eigenvalue weighted by Crippen LogP contribution is -2.43. The molecule has 2 saturated carbocycles. The van der Waals surface area contributed by atoms with Crippen LogP contribution in [-0.4, -0.2) is 37.5 Å². The van der Waals surface area contributed by atoms with E-state index in [4.69, 9.17) is 0 Å². The molecule has 1 N–H and O–H groups in total. The predicted molar refractivity (Wildman–Crippen MR) is 91.1 cm³/mol. The Hall–Kier alpha value is -1.51. The van der Waals surface area contributed by atoms with E-state index in [1.165, 1.54) is 50.8 Å². The Morgan fingerprint density at radius 1 is 1.27 bits per heavy atom. The quantitative estimate of drug-likeness (QED) is 0.685. The smallest absolute Gasteiger partial charge is 0.193 e. The van der Waals surface area contributed by atoms with Gasteiger partial charge in [-0.05, 0) is 48.5 Å². The van der Waals surface area contributed by atoms with Gasteiger partial charge in [-0.25, -0.2) is 0 Å². The number of hydrogen-bond acceptors (Lipinski definition) is 1. The standard InChI is InChI=1S/C19H27N3/c1-20-18(22-11-10-19(14-22)8-5-9-19)21-13-16-12-17(16)15-6-3-2-4-7-15/h2-4,6-7,16-17H,5,8-14H2,1H3,(H,20,21). The van der Waals surface area contributed by atoms with Crippen molar-refractivity contribution in [3.63, 3.8) is 0 Å². The summed E-state index contributed by atoms with van der Waals surface area (Å²) in [5.41, 5.74) is 2.14. The molecule has 0 amide bonds. The van der Waals surface area contributed by atoms with Crippen LogP contribution in [0.2, 0.25) is 0 Å². The number of rotatable bonds is 3. The van der Waals surface area contributed by atoms with Gasteiger partial charge in [0.1, 0.15) is 0 Å². The number of benzene rings is 1. The van der Waals surface area contributed by atoms with Crippen LogP contribution in [0.3, 0.4) is 0 Å². The van der Waals surface area contributed by atoms with Crippen LogP contribution < -0.4 is 5.32 Å². The van der Waals surface area contributed by atoms with Crippen molar-refractivity contribution in [2.75, 3.05) is 26.7 Å². The molecule has 0 radical (unpaired) electrons. The highest BCUT2D eigenvalue weighted by atomic mass is 15.3. The van der Waals surface area contributed by atoms with Crippen molar-refractivity contribution < 1.29 is 0 Å². The van der Waals surface area contributed by atoms with Crippen molar-refractivity contribution in [1.82, 2.24) is 10.2 Å². The van der Waals surface area contributed by atoms with Crippen LogP contribution in [0.25, 0.3) is 0 Å². The van der Waals surface area contributed by atoms with E-state index in [2.05, 4.69) is 45.5 Å². The van der Waals surface area contributed by atoms with E-state index in [0.717, 1.165) is 24.3 Å². The van der Waals surface area contributed by atoms with Crippen LogP contribution in [-0.2, 0) is 0 Å². The summed E-state index contributed by atoms with van der Waals surface area (Å²) in [7, 11) is 1.93. The third-order valence-corrected chi connectivity index (χ3v) is 6.04. The minimum Gasteiger partial charge on any atom is -0.356 e. The van der Waals surface area contributed by atoms with Crippen molar-refractivity contribution in [2.45, 2.75) is 38.0 Å². The van der Waals surface area contributed by atoms with Crippen LogP contribution in [0.15, 0.2) is 35.3 Å². The van der Waals surface area contributed by atoms with Gasteiger partial charge in [0.05, 0.1) is 0 Å². The van der Waals surface area contributed by atoms with Gasteiger partial charge in [0, 0.05) is 26.7 Å². The van der Waals surface area contributed by atoms with E-state index in [-0.39, 0.29) is 0 Å².